The molecular formula is C43H28O. The van der Waals surface area contributed by atoms with E-state index in [0.717, 1.165) is 28.4 Å². The van der Waals surface area contributed by atoms with Gasteiger partial charge in [-0.3, -0.25) is 0 Å². The van der Waals surface area contributed by atoms with Gasteiger partial charge in [-0.25, -0.2) is 0 Å². The van der Waals surface area contributed by atoms with Gasteiger partial charge in [-0.2, -0.15) is 0 Å². The number of fused-ring (bicyclic) bond motifs is 6. The first-order valence-corrected chi connectivity index (χ1v) is 15.2. The Morgan fingerprint density at radius 3 is 1.66 bits per heavy atom. The molecule has 0 N–H and O–H groups in total. The predicted molar refractivity (Wildman–Crippen MR) is 186 cm³/mol. The van der Waals surface area contributed by atoms with E-state index in [1.165, 1.54) is 65.7 Å². The number of furan rings is 1. The summed E-state index contributed by atoms with van der Waals surface area (Å²) in [4.78, 5) is 0. The molecule has 44 heavy (non-hydrogen) atoms. The molecule has 9 aromatic rings. The summed E-state index contributed by atoms with van der Waals surface area (Å²) >= 11 is 0. The molecule has 0 aliphatic carbocycles. The minimum absolute atomic E-state index is 0.849. The number of rotatable bonds is 4. The second-order valence-electron chi connectivity index (χ2n) is 11.6. The maximum atomic E-state index is 6.18. The Balaban J connectivity index is 1.28. The van der Waals surface area contributed by atoms with Crippen molar-refractivity contribution >= 4 is 54.3 Å². The van der Waals surface area contributed by atoms with Gasteiger partial charge in [-0.1, -0.05) is 140 Å². The van der Waals surface area contributed by atoms with Crippen molar-refractivity contribution in [1.29, 1.82) is 0 Å². The average molecular weight is 561 g/mol. The summed E-state index contributed by atoms with van der Waals surface area (Å²) in [5, 5.41) is 10.1. The van der Waals surface area contributed by atoms with Gasteiger partial charge >= 0.3 is 0 Å². The Labute approximate surface area is 255 Å². The van der Waals surface area contributed by atoms with Crippen molar-refractivity contribution in [3.05, 3.63) is 169 Å². The zero-order valence-corrected chi connectivity index (χ0v) is 24.1. The fourth-order valence-electron chi connectivity index (χ4n) is 7.18. The highest BCUT2D eigenvalue weighted by molar-refractivity contribution is 6.17. The summed E-state index contributed by atoms with van der Waals surface area (Å²) in [7, 11) is 0. The van der Waals surface area contributed by atoms with Gasteiger partial charge in [0.05, 0.1) is 0 Å². The van der Waals surface area contributed by atoms with Crippen molar-refractivity contribution < 1.29 is 4.42 Å². The van der Waals surface area contributed by atoms with Gasteiger partial charge in [0.2, 0.25) is 0 Å². The quantitative estimate of drug-likeness (QED) is 0.195. The molecule has 0 aliphatic rings. The number of hydrogen-bond acceptors (Lipinski definition) is 1. The molecule has 0 fully saturated rings. The van der Waals surface area contributed by atoms with Crippen LogP contribution < -0.4 is 0 Å². The summed E-state index contributed by atoms with van der Waals surface area (Å²) in [6.45, 7) is 0. The van der Waals surface area contributed by atoms with Crippen molar-refractivity contribution in [3.63, 3.8) is 0 Å². The van der Waals surface area contributed by atoms with Crippen molar-refractivity contribution in [1.82, 2.24) is 0 Å². The minimum atomic E-state index is 0.849. The Morgan fingerprint density at radius 2 is 0.932 bits per heavy atom. The van der Waals surface area contributed by atoms with Crippen LogP contribution in [0.5, 0.6) is 0 Å². The fourth-order valence-corrected chi connectivity index (χ4v) is 7.18. The molecule has 0 aliphatic heterocycles. The third-order valence-corrected chi connectivity index (χ3v) is 9.17. The van der Waals surface area contributed by atoms with Gasteiger partial charge in [-0.05, 0) is 90.3 Å². The van der Waals surface area contributed by atoms with E-state index in [1.54, 1.807) is 0 Å². The van der Waals surface area contributed by atoms with Crippen LogP contribution in [0, 0.1) is 0 Å². The molecule has 8 aromatic carbocycles. The van der Waals surface area contributed by atoms with E-state index < -0.39 is 0 Å². The fraction of sp³-hybridized carbons (Fsp3) is 0.0233. The normalized spacial score (nSPS) is 11.7. The summed E-state index contributed by atoms with van der Waals surface area (Å²) in [6, 6.07) is 57.0. The first-order valence-electron chi connectivity index (χ1n) is 15.2. The van der Waals surface area contributed by atoms with Crippen molar-refractivity contribution in [3.8, 4) is 22.3 Å². The maximum absolute atomic E-state index is 6.18. The van der Waals surface area contributed by atoms with Gasteiger partial charge in [-0.15, -0.1) is 0 Å². The van der Waals surface area contributed by atoms with Crippen molar-refractivity contribution in [2.75, 3.05) is 0 Å². The summed E-state index contributed by atoms with van der Waals surface area (Å²) in [6.07, 6.45) is 0.849. The average Bonchev–Trinajstić information content (AvgIpc) is 3.47. The minimum Gasteiger partial charge on any atom is -0.456 e. The second-order valence-corrected chi connectivity index (χ2v) is 11.6. The smallest absolute Gasteiger partial charge is 0.135 e. The molecule has 1 heteroatoms. The van der Waals surface area contributed by atoms with Crippen LogP contribution in [-0.2, 0) is 6.42 Å². The van der Waals surface area contributed by atoms with Gasteiger partial charge in [0.15, 0.2) is 0 Å². The van der Waals surface area contributed by atoms with E-state index in [1.807, 2.05) is 12.1 Å². The van der Waals surface area contributed by atoms with Crippen LogP contribution >= 0.6 is 0 Å². The number of hydrogen-bond donors (Lipinski definition) is 0. The Hall–Kier alpha value is -5.66. The molecule has 0 amide bonds. The summed E-state index contributed by atoms with van der Waals surface area (Å²) in [5.74, 6) is 0. The highest BCUT2D eigenvalue weighted by Crippen LogP contribution is 2.42. The molecular weight excluding hydrogens is 532 g/mol. The molecule has 0 spiro atoms. The van der Waals surface area contributed by atoms with Crippen LogP contribution in [0.4, 0.5) is 0 Å². The molecule has 0 radical (unpaired) electrons. The van der Waals surface area contributed by atoms with Gasteiger partial charge in [0, 0.05) is 10.8 Å². The SMILES string of the molecule is c1ccc(-c2ccc(Cc3c4ccccc4c(-c4ccc5oc6ccccc6c5c4)c4ccccc34)c3ccccc23)cc1. The van der Waals surface area contributed by atoms with E-state index >= 15 is 0 Å². The van der Waals surface area contributed by atoms with E-state index in [2.05, 4.69) is 146 Å². The van der Waals surface area contributed by atoms with Crippen LogP contribution in [0.3, 0.4) is 0 Å². The van der Waals surface area contributed by atoms with E-state index in [0.29, 0.717) is 0 Å². The Kier molecular flexibility index (Phi) is 5.64. The lowest BCUT2D eigenvalue weighted by Gasteiger charge is -2.19. The van der Waals surface area contributed by atoms with E-state index in [-0.39, 0.29) is 0 Å². The van der Waals surface area contributed by atoms with Crippen LogP contribution in [0.25, 0.3) is 76.5 Å². The third kappa shape index (κ3) is 3.87. The van der Waals surface area contributed by atoms with E-state index in [9.17, 15) is 0 Å². The van der Waals surface area contributed by atoms with Crippen LogP contribution in [0.15, 0.2) is 162 Å². The standard InChI is InChI=1S/C43H28O/c1-2-12-28(13-3-1)32-24-22-29(31-14-4-5-15-33(31)32)26-39-34-16-6-8-19-37(34)43(38-20-9-7-17-35(38)39)30-23-25-42-40(27-30)36-18-10-11-21-41(36)44-42/h1-25,27H,26H2. The van der Waals surface area contributed by atoms with Crippen LogP contribution in [0.2, 0.25) is 0 Å². The monoisotopic (exact) mass is 560 g/mol. The zero-order chi connectivity index (χ0) is 29.0. The number of benzene rings is 8. The topological polar surface area (TPSA) is 13.1 Å². The molecule has 0 atom stereocenters. The highest BCUT2D eigenvalue weighted by Gasteiger charge is 2.18. The first kappa shape index (κ1) is 24.9. The molecule has 1 nitrogen and oxygen atoms in total. The van der Waals surface area contributed by atoms with Gasteiger partial charge < -0.3 is 4.42 Å². The van der Waals surface area contributed by atoms with Crippen LogP contribution in [-0.4, -0.2) is 0 Å². The van der Waals surface area contributed by atoms with Gasteiger partial charge in [0.25, 0.3) is 0 Å². The highest BCUT2D eigenvalue weighted by atomic mass is 16.3. The lowest BCUT2D eigenvalue weighted by atomic mass is 9.85. The third-order valence-electron chi connectivity index (χ3n) is 9.17. The molecule has 0 saturated heterocycles. The van der Waals surface area contributed by atoms with Crippen LogP contribution in [0.1, 0.15) is 11.1 Å². The molecule has 1 aromatic heterocycles. The molecule has 9 rings (SSSR count). The van der Waals surface area contributed by atoms with E-state index in [4.69, 9.17) is 4.42 Å². The van der Waals surface area contributed by atoms with Crippen molar-refractivity contribution in [2.45, 2.75) is 6.42 Å². The summed E-state index contributed by atoms with van der Waals surface area (Å²) < 4.78 is 6.18. The molecule has 0 bridgehead atoms. The predicted octanol–water partition coefficient (Wildman–Crippen LogP) is 12.0. The zero-order valence-electron chi connectivity index (χ0n) is 24.1. The lowest BCUT2D eigenvalue weighted by molar-refractivity contribution is 0.669. The molecule has 0 saturated carbocycles. The first-order chi connectivity index (χ1) is 21.8. The lowest BCUT2D eigenvalue weighted by Crippen LogP contribution is -1.97. The molecule has 0 unspecified atom stereocenters. The van der Waals surface area contributed by atoms with Gasteiger partial charge in [0.1, 0.15) is 11.2 Å². The maximum Gasteiger partial charge on any atom is 0.135 e. The molecule has 206 valence electrons. The molecule has 1 heterocycles. The number of para-hydroxylation sites is 1. The Morgan fingerprint density at radius 1 is 0.364 bits per heavy atom. The largest absolute Gasteiger partial charge is 0.456 e. The summed E-state index contributed by atoms with van der Waals surface area (Å²) in [5.41, 5.74) is 9.57. The Bertz CT molecular complexity index is 2460. The van der Waals surface area contributed by atoms with Crippen molar-refractivity contribution in [2.24, 2.45) is 0 Å². The second kappa shape index (κ2) is 9.97.